The summed E-state index contributed by atoms with van der Waals surface area (Å²) < 4.78 is 37.6. The third kappa shape index (κ3) is 3.29. The molecule has 1 aromatic rings. The standard InChI is InChI=1S/C9H13FN2O4S/c1-17(15,16)12-9-6(13)3-2-5(8(9)10)7(14)4-11/h2-3,7,12-14H,4,11H2,1H3/t7-/m0/s1. The number of nitrogens with one attached hydrogen (secondary N) is 1. The van der Waals surface area contributed by atoms with Gasteiger partial charge in [-0.25, -0.2) is 12.8 Å². The Balaban J connectivity index is 3.30. The Morgan fingerprint density at radius 1 is 1.53 bits per heavy atom. The molecule has 8 heteroatoms. The van der Waals surface area contributed by atoms with E-state index in [1.807, 2.05) is 4.72 Å². The van der Waals surface area contributed by atoms with Crippen molar-refractivity contribution < 1.29 is 23.0 Å². The minimum atomic E-state index is -3.73. The van der Waals surface area contributed by atoms with Gasteiger partial charge in [-0.3, -0.25) is 4.72 Å². The number of aliphatic hydroxyl groups is 1. The number of benzene rings is 1. The number of halogens is 1. The summed E-state index contributed by atoms with van der Waals surface area (Å²) in [5.41, 5.74) is 4.39. The summed E-state index contributed by atoms with van der Waals surface area (Å²) in [5, 5.41) is 18.8. The summed E-state index contributed by atoms with van der Waals surface area (Å²) in [6.07, 6.45) is -0.450. The van der Waals surface area contributed by atoms with Crippen molar-refractivity contribution >= 4 is 15.7 Å². The lowest BCUT2D eigenvalue weighted by Gasteiger charge is -2.14. The molecule has 0 radical (unpaired) electrons. The predicted molar refractivity (Wildman–Crippen MR) is 60.5 cm³/mol. The summed E-state index contributed by atoms with van der Waals surface area (Å²) in [6.45, 7) is -0.222. The Labute approximate surface area is 97.9 Å². The first-order chi connectivity index (χ1) is 7.76. The summed E-state index contributed by atoms with van der Waals surface area (Å²) in [7, 11) is -3.73. The summed E-state index contributed by atoms with van der Waals surface area (Å²) >= 11 is 0. The summed E-state index contributed by atoms with van der Waals surface area (Å²) in [5.74, 6) is -1.62. The Morgan fingerprint density at radius 2 is 2.12 bits per heavy atom. The maximum atomic E-state index is 13.8. The zero-order chi connectivity index (χ0) is 13.2. The number of hydrogen-bond acceptors (Lipinski definition) is 5. The number of phenols is 1. The van der Waals surface area contributed by atoms with E-state index < -0.39 is 33.4 Å². The average molecular weight is 264 g/mol. The molecular weight excluding hydrogens is 251 g/mol. The molecule has 0 unspecified atom stereocenters. The van der Waals surface area contributed by atoms with E-state index in [4.69, 9.17) is 5.73 Å². The zero-order valence-electron chi connectivity index (χ0n) is 9.01. The van der Waals surface area contributed by atoms with Crippen molar-refractivity contribution in [2.24, 2.45) is 5.73 Å². The van der Waals surface area contributed by atoms with Crippen LogP contribution in [0.5, 0.6) is 5.75 Å². The highest BCUT2D eigenvalue weighted by Crippen LogP contribution is 2.31. The van der Waals surface area contributed by atoms with Gasteiger partial charge in [-0.05, 0) is 12.1 Å². The van der Waals surface area contributed by atoms with Gasteiger partial charge in [0.1, 0.15) is 11.4 Å². The van der Waals surface area contributed by atoms with Crippen LogP contribution in [0.2, 0.25) is 0 Å². The predicted octanol–water partition coefficient (Wildman–Crippen LogP) is -0.105. The van der Waals surface area contributed by atoms with Crippen molar-refractivity contribution in [1.82, 2.24) is 0 Å². The topological polar surface area (TPSA) is 113 Å². The van der Waals surface area contributed by atoms with Crippen LogP contribution in [0.1, 0.15) is 11.7 Å². The smallest absolute Gasteiger partial charge is 0.230 e. The van der Waals surface area contributed by atoms with Gasteiger partial charge in [-0.1, -0.05) is 0 Å². The highest BCUT2D eigenvalue weighted by molar-refractivity contribution is 7.92. The highest BCUT2D eigenvalue weighted by Gasteiger charge is 2.19. The fourth-order valence-corrected chi connectivity index (χ4v) is 1.81. The van der Waals surface area contributed by atoms with E-state index in [9.17, 15) is 23.0 Å². The molecule has 0 bridgehead atoms. The van der Waals surface area contributed by atoms with Gasteiger partial charge < -0.3 is 15.9 Å². The molecule has 0 aromatic heterocycles. The SMILES string of the molecule is CS(=O)(=O)Nc1c(O)ccc([C@@H](O)CN)c1F. The maximum Gasteiger partial charge on any atom is 0.230 e. The first kappa shape index (κ1) is 13.7. The van der Waals surface area contributed by atoms with E-state index in [1.165, 1.54) is 0 Å². The van der Waals surface area contributed by atoms with Crippen LogP contribution in [0.3, 0.4) is 0 Å². The third-order valence-electron chi connectivity index (χ3n) is 2.02. The van der Waals surface area contributed by atoms with E-state index in [2.05, 4.69) is 0 Å². The molecular formula is C9H13FN2O4S. The normalized spacial score (nSPS) is 13.4. The van der Waals surface area contributed by atoms with Gasteiger partial charge in [0.15, 0.2) is 5.82 Å². The van der Waals surface area contributed by atoms with E-state index in [0.29, 0.717) is 0 Å². The Morgan fingerprint density at radius 3 is 2.59 bits per heavy atom. The number of nitrogens with two attached hydrogens (primary N) is 1. The Bertz CT molecular complexity index is 518. The van der Waals surface area contributed by atoms with Crippen LogP contribution in [0.15, 0.2) is 12.1 Å². The van der Waals surface area contributed by atoms with Crippen LogP contribution in [-0.4, -0.2) is 31.4 Å². The number of sulfonamides is 1. The lowest BCUT2D eigenvalue weighted by atomic mass is 10.1. The van der Waals surface area contributed by atoms with Gasteiger partial charge >= 0.3 is 0 Å². The van der Waals surface area contributed by atoms with Crippen LogP contribution in [0.4, 0.5) is 10.1 Å². The summed E-state index contributed by atoms with van der Waals surface area (Å²) in [6, 6.07) is 2.21. The average Bonchev–Trinajstić information content (AvgIpc) is 2.22. The maximum absolute atomic E-state index is 13.8. The minimum absolute atomic E-state index is 0.184. The monoisotopic (exact) mass is 264 g/mol. The van der Waals surface area contributed by atoms with E-state index in [-0.39, 0.29) is 12.1 Å². The van der Waals surface area contributed by atoms with Gasteiger partial charge in [-0.15, -0.1) is 0 Å². The third-order valence-corrected chi connectivity index (χ3v) is 2.59. The molecule has 0 spiro atoms. The number of hydrogen-bond donors (Lipinski definition) is 4. The molecule has 6 nitrogen and oxygen atoms in total. The molecule has 0 amide bonds. The van der Waals surface area contributed by atoms with Crippen molar-refractivity contribution in [3.8, 4) is 5.75 Å². The number of anilines is 1. The van der Waals surface area contributed by atoms with Crippen LogP contribution in [0.25, 0.3) is 0 Å². The van der Waals surface area contributed by atoms with Crippen LogP contribution >= 0.6 is 0 Å². The first-order valence-electron chi connectivity index (χ1n) is 4.63. The minimum Gasteiger partial charge on any atom is -0.506 e. The molecule has 0 aliphatic heterocycles. The lowest BCUT2D eigenvalue weighted by molar-refractivity contribution is 0.182. The fraction of sp³-hybridized carbons (Fsp3) is 0.333. The second-order valence-corrected chi connectivity index (χ2v) is 5.24. The molecule has 1 rings (SSSR count). The molecule has 5 N–H and O–H groups in total. The number of rotatable bonds is 4. The van der Waals surface area contributed by atoms with E-state index in [0.717, 1.165) is 18.4 Å². The van der Waals surface area contributed by atoms with Crippen molar-refractivity contribution in [3.63, 3.8) is 0 Å². The molecule has 96 valence electrons. The summed E-state index contributed by atoms with van der Waals surface area (Å²) in [4.78, 5) is 0. The quantitative estimate of drug-likeness (QED) is 0.567. The van der Waals surface area contributed by atoms with Gasteiger partial charge in [0, 0.05) is 12.1 Å². The van der Waals surface area contributed by atoms with Gasteiger partial charge in [0.25, 0.3) is 0 Å². The van der Waals surface area contributed by atoms with Crippen molar-refractivity contribution in [2.75, 3.05) is 17.5 Å². The van der Waals surface area contributed by atoms with Crippen LogP contribution in [-0.2, 0) is 10.0 Å². The number of aliphatic hydroxyl groups excluding tert-OH is 1. The molecule has 0 fully saturated rings. The molecule has 1 aromatic carbocycles. The second kappa shape index (κ2) is 4.86. The van der Waals surface area contributed by atoms with Gasteiger partial charge in [0.05, 0.1) is 12.4 Å². The Kier molecular flexibility index (Phi) is 3.91. The molecule has 0 saturated carbocycles. The molecule has 0 aliphatic rings. The molecule has 0 aliphatic carbocycles. The van der Waals surface area contributed by atoms with Gasteiger partial charge in [-0.2, -0.15) is 0 Å². The fourth-order valence-electron chi connectivity index (χ4n) is 1.25. The van der Waals surface area contributed by atoms with Crippen molar-refractivity contribution in [2.45, 2.75) is 6.10 Å². The number of aromatic hydroxyl groups is 1. The lowest BCUT2D eigenvalue weighted by Crippen LogP contribution is -2.16. The molecule has 0 saturated heterocycles. The number of phenolic OH excluding ortho intramolecular Hbond substituents is 1. The van der Waals surface area contributed by atoms with Crippen molar-refractivity contribution in [3.05, 3.63) is 23.5 Å². The first-order valence-corrected chi connectivity index (χ1v) is 6.52. The van der Waals surface area contributed by atoms with Crippen molar-refractivity contribution in [1.29, 1.82) is 0 Å². The second-order valence-electron chi connectivity index (χ2n) is 3.49. The molecule has 0 heterocycles. The van der Waals surface area contributed by atoms with E-state index in [1.54, 1.807) is 0 Å². The van der Waals surface area contributed by atoms with Gasteiger partial charge in [0.2, 0.25) is 10.0 Å². The van der Waals surface area contributed by atoms with Crippen LogP contribution < -0.4 is 10.5 Å². The van der Waals surface area contributed by atoms with E-state index >= 15 is 0 Å². The largest absolute Gasteiger partial charge is 0.506 e. The van der Waals surface area contributed by atoms with Crippen LogP contribution in [0, 0.1) is 5.82 Å². The molecule has 17 heavy (non-hydrogen) atoms. The highest BCUT2D eigenvalue weighted by atomic mass is 32.2. The zero-order valence-corrected chi connectivity index (χ0v) is 9.83. The molecule has 1 atom stereocenters. The Hall–Kier alpha value is -1.38.